The van der Waals surface area contributed by atoms with Crippen LogP contribution in [0, 0.1) is 6.92 Å². The highest BCUT2D eigenvalue weighted by Gasteiger charge is 2.28. The second kappa shape index (κ2) is 4.01. The molecular weight excluding hydrogens is 194 g/mol. The summed E-state index contributed by atoms with van der Waals surface area (Å²) < 4.78 is 0. The van der Waals surface area contributed by atoms with Crippen LogP contribution in [0.2, 0.25) is 0 Å². The van der Waals surface area contributed by atoms with Crippen molar-refractivity contribution in [2.24, 2.45) is 0 Å². The van der Waals surface area contributed by atoms with Crippen LogP contribution in [0.3, 0.4) is 0 Å². The predicted molar refractivity (Wildman–Crippen MR) is 59.9 cm³/mol. The van der Waals surface area contributed by atoms with Gasteiger partial charge in [-0.2, -0.15) is 11.3 Å². The molecule has 0 amide bonds. The van der Waals surface area contributed by atoms with E-state index in [1.54, 1.807) is 11.3 Å². The van der Waals surface area contributed by atoms with Crippen LogP contribution < -0.4 is 0 Å². The molecule has 2 unspecified atom stereocenters. The Balaban J connectivity index is 2.15. The number of aliphatic hydroxyl groups is 1. The molecule has 14 heavy (non-hydrogen) atoms. The molecule has 1 aliphatic rings. The zero-order valence-electron chi connectivity index (χ0n) is 8.73. The second-order valence-corrected chi connectivity index (χ2v) is 4.98. The number of hydrogen-bond acceptors (Lipinski definition) is 3. The lowest BCUT2D eigenvalue weighted by molar-refractivity contribution is 0.0637. The minimum absolute atomic E-state index is 0.193. The van der Waals surface area contributed by atoms with Crippen LogP contribution >= 0.6 is 11.3 Å². The van der Waals surface area contributed by atoms with Crippen LogP contribution in [-0.2, 0) is 0 Å². The zero-order chi connectivity index (χ0) is 10.1. The fourth-order valence-corrected chi connectivity index (χ4v) is 3.12. The van der Waals surface area contributed by atoms with Crippen molar-refractivity contribution in [2.75, 3.05) is 20.1 Å². The van der Waals surface area contributed by atoms with Crippen molar-refractivity contribution in [3.63, 3.8) is 0 Å². The van der Waals surface area contributed by atoms with Gasteiger partial charge in [0.25, 0.3) is 0 Å². The Bertz CT molecular complexity index is 310. The first-order chi connectivity index (χ1) is 6.68. The van der Waals surface area contributed by atoms with Crippen LogP contribution in [0.1, 0.15) is 23.5 Å². The van der Waals surface area contributed by atoms with Gasteiger partial charge in [0.05, 0.1) is 6.10 Å². The summed E-state index contributed by atoms with van der Waals surface area (Å²) in [4.78, 5) is 2.20. The Morgan fingerprint density at radius 3 is 2.86 bits per heavy atom. The lowest BCUT2D eigenvalue weighted by atomic mass is 9.87. The van der Waals surface area contributed by atoms with Crippen molar-refractivity contribution < 1.29 is 5.11 Å². The van der Waals surface area contributed by atoms with Crippen molar-refractivity contribution in [2.45, 2.75) is 25.4 Å². The van der Waals surface area contributed by atoms with E-state index >= 15 is 0 Å². The topological polar surface area (TPSA) is 23.5 Å². The minimum atomic E-state index is -0.193. The van der Waals surface area contributed by atoms with Gasteiger partial charge in [0.15, 0.2) is 0 Å². The molecule has 0 spiro atoms. The van der Waals surface area contributed by atoms with Gasteiger partial charge >= 0.3 is 0 Å². The summed E-state index contributed by atoms with van der Waals surface area (Å²) in [6, 6.07) is 0. The molecule has 2 heterocycles. The maximum atomic E-state index is 10.00. The van der Waals surface area contributed by atoms with E-state index in [1.165, 1.54) is 11.1 Å². The van der Waals surface area contributed by atoms with Gasteiger partial charge in [0, 0.05) is 12.5 Å². The average Bonchev–Trinajstić information content (AvgIpc) is 2.52. The number of hydrogen-bond donors (Lipinski definition) is 1. The first kappa shape index (κ1) is 10.1. The summed E-state index contributed by atoms with van der Waals surface area (Å²) in [5.41, 5.74) is 2.69. The lowest BCUT2D eigenvalue weighted by Crippen LogP contribution is -2.40. The Morgan fingerprint density at radius 1 is 1.50 bits per heavy atom. The molecule has 1 aliphatic heterocycles. The van der Waals surface area contributed by atoms with Crippen molar-refractivity contribution >= 4 is 11.3 Å². The normalized spacial score (nSPS) is 29.4. The van der Waals surface area contributed by atoms with E-state index in [1.807, 2.05) is 0 Å². The SMILES string of the molecule is Cc1cscc1C1CCN(C)CC1O. The van der Waals surface area contributed by atoms with Crippen molar-refractivity contribution in [1.29, 1.82) is 0 Å². The molecule has 2 rings (SSSR count). The number of β-amino-alcohol motifs (C(OH)–C–C–N with tert-alkyl or cyclic N) is 1. The van der Waals surface area contributed by atoms with Crippen LogP contribution in [0.15, 0.2) is 10.8 Å². The standard InChI is InChI=1S/C11H17NOS/c1-8-6-14-7-10(8)9-3-4-12(2)5-11(9)13/h6-7,9,11,13H,3-5H2,1-2H3. The van der Waals surface area contributed by atoms with E-state index in [-0.39, 0.29) is 6.10 Å². The molecule has 2 atom stereocenters. The zero-order valence-corrected chi connectivity index (χ0v) is 9.55. The van der Waals surface area contributed by atoms with Crippen molar-refractivity contribution in [3.05, 3.63) is 21.9 Å². The van der Waals surface area contributed by atoms with Crippen LogP contribution in [-0.4, -0.2) is 36.2 Å². The summed E-state index contributed by atoms with van der Waals surface area (Å²) in [5.74, 6) is 0.359. The van der Waals surface area contributed by atoms with Gasteiger partial charge in [0.2, 0.25) is 0 Å². The molecule has 0 aromatic carbocycles. The molecule has 1 fully saturated rings. The highest BCUT2D eigenvalue weighted by Crippen LogP contribution is 2.31. The molecule has 1 N–H and O–H groups in total. The van der Waals surface area contributed by atoms with Crippen LogP contribution in [0.5, 0.6) is 0 Å². The molecule has 1 aromatic heterocycles. The van der Waals surface area contributed by atoms with Gasteiger partial charge in [-0.15, -0.1) is 0 Å². The Kier molecular flexibility index (Phi) is 2.91. The minimum Gasteiger partial charge on any atom is -0.391 e. The summed E-state index contributed by atoms with van der Waals surface area (Å²) >= 11 is 1.74. The maximum absolute atomic E-state index is 10.00. The Morgan fingerprint density at radius 2 is 2.29 bits per heavy atom. The summed E-state index contributed by atoms with van der Waals surface area (Å²) in [6.45, 7) is 4.04. The number of nitrogens with zero attached hydrogens (tertiary/aromatic N) is 1. The van der Waals surface area contributed by atoms with Gasteiger partial charge < -0.3 is 10.0 Å². The maximum Gasteiger partial charge on any atom is 0.0736 e. The fraction of sp³-hybridized carbons (Fsp3) is 0.636. The highest BCUT2D eigenvalue weighted by molar-refractivity contribution is 7.08. The average molecular weight is 211 g/mol. The molecular formula is C11H17NOS. The first-order valence-corrected chi connectivity index (χ1v) is 6.02. The molecule has 0 bridgehead atoms. The van der Waals surface area contributed by atoms with Gasteiger partial charge in [-0.3, -0.25) is 0 Å². The van der Waals surface area contributed by atoms with Crippen LogP contribution in [0.25, 0.3) is 0 Å². The molecule has 78 valence electrons. The summed E-state index contributed by atoms with van der Waals surface area (Å²) in [5, 5.41) is 14.4. The van der Waals surface area contributed by atoms with E-state index in [9.17, 15) is 5.11 Å². The summed E-state index contributed by atoms with van der Waals surface area (Å²) in [7, 11) is 2.07. The molecule has 2 nitrogen and oxygen atoms in total. The highest BCUT2D eigenvalue weighted by atomic mass is 32.1. The molecule has 0 aliphatic carbocycles. The molecule has 1 saturated heterocycles. The van der Waals surface area contributed by atoms with Crippen molar-refractivity contribution in [1.82, 2.24) is 4.90 Å². The Hall–Kier alpha value is -0.380. The predicted octanol–water partition coefficient (Wildman–Crippen LogP) is 1.84. The second-order valence-electron chi connectivity index (χ2n) is 4.23. The van der Waals surface area contributed by atoms with E-state index in [0.29, 0.717) is 5.92 Å². The number of rotatable bonds is 1. The third-order valence-corrected chi connectivity index (χ3v) is 3.96. The number of piperidine rings is 1. The van der Waals surface area contributed by atoms with E-state index in [0.717, 1.165) is 19.5 Å². The number of aryl methyl sites for hydroxylation is 1. The molecule has 1 aromatic rings. The molecule has 0 radical (unpaired) electrons. The smallest absolute Gasteiger partial charge is 0.0736 e. The van der Waals surface area contributed by atoms with E-state index in [2.05, 4.69) is 29.6 Å². The van der Waals surface area contributed by atoms with Crippen molar-refractivity contribution in [3.8, 4) is 0 Å². The third-order valence-electron chi connectivity index (χ3n) is 3.08. The fourth-order valence-electron chi connectivity index (χ4n) is 2.20. The molecule has 3 heteroatoms. The largest absolute Gasteiger partial charge is 0.391 e. The van der Waals surface area contributed by atoms with E-state index < -0.39 is 0 Å². The van der Waals surface area contributed by atoms with Gasteiger partial charge in [0.1, 0.15) is 0 Å². The quantitative estimate of drug-likeness (QED) is 0.766. The number of likely N-dealkylation sites (N-methyl/N-ethyl adjacent to an activating group) is 1. The van der Waals surface area contributed by atoms with E-state index in [4.69, 9.17) is 0 Å². The Labute approximate surface area is 89.2 Å². The van der Waals surface area contributed by atoms with Gasteiger partial charge in [-0.1, -0.05) is 0 Å². The first-order valence-electron chi connectivity index (χ1n) is 5.08. The number of aliphatic hydroxyl groups excluding tert-OH is 1. The van der Waals surface area contributed by atoms with Gasteiger partial charge in [-0.25, -0.2) is 0 Å². The number of likely N-dealkylation sites (tertiary alicyclic amines) is 1. The lowest BCUT2D eigenvalue weighted by Gasteiger charge is -2.33. The van der Waals surface area contributed by atoms with Crippen LogP contribution in [0.4, 0.5) is 0 Å². The number of thiophene rings is 1. The third kappa shape index (κ3) is 1.85. The monoisotopic (exact) mass is 211 g/mol. The summed E-state index contributed by atoms with van der Waals surface area (Å²) in [6.07, 6.45) is 0.886. The van der Waals surface area contributed by atoms with Gasteiger partial charge in [-0.05, 0) is 48.8 Å². The molecule has 0 saturated carbocycles.